The first kappa shape index (κ1) is 27.7. The van der Waals surface area contributed by atoms with E-state index in [1.54, 1.807) is 5.57 Å². The van der Waals surface area contributed by atoms with Crippen LogP contribution < -0.4 is 0 Å². The quantitative estimate of drug-likeness (QED) is 0.120. The number of allylic oxidation sites excluding steroid dienone is 2. The van der Waals surface area contributed by atoms with E-state index in [4.69, 9.17) is 0 Å². The Balaban J connectivity index is 3.93. The fourth-order valence-corrected chi connectivity index (χ4v) is 4.18. The highest BCUT2D eigenvalue weighted by atomic mass is 14.1. The van der Waals surface area contributed by atoms with Crippen molar-refractivity contribution in [1.29, 1.82) is 0 Å². The van der Waals surface area contributed by atoms with E-state index in [0.29, 0.717) is 0 Å². The maximum atomic E-state index is 2.65. The molecule has 0 heteroatoms. The molecular weight excluding hydrogens is 336 g/mol. The van der Waals surface area contributed by atoms with Crippen LogP contribution in [-0.2, 0) is 0 Å². The molecule has 0 fully saturated rings. The summed E-state index contributed by atoms with van der Waals surface area (Å²) in [6, 6.07) is 0. The second-order valence-corrected chi connectivity index (χ2v) is 9.16. The molecule has 0 aromatic rings. The van der Waals surface area contributed by atoms with Crippen molar-refractivity contribution in [1.82, 2.24) is 0 Å². The van der Waals surface area contributed by atoms with Crippen LogP contribution in [0.4, 0.5) is 0 Å². The molecule has 0 aliphatic heterocycles. The molecule has 0 aliphatic carbocycles. The van der Waals surface area contributed by atoms with Crippen molar-refractivity contribution in [2.75, 3.05) is 0 Å². The highest BCUT2D eigenvalue weighted by molar-refractivity contribution is 5.01. The zero-order chi connectivity index (χ0) is 20.5. The van der Waals surface area contributed by atoms with Crippen molar-refractivity contribution in [3.63, 3.8) is 0 Å². The molecule has 0 saturated carbocycles. The first-order chi connectivity index (χ1) is 13.8. The van der Waals surface area contributed by atoms with Crippen molar-refractivity contribution < 1.29 is 0 Å². The molecule has 0 aliphatic rings. The number of rotatable bonds is 23. The number of hydrogen-bond acceptors (Lipinski definition) is 0. The summed E-state index contributed by atoms with van der Waals surface area (Å²) in [6.07, 6.45) is 35.4. The molecule has 0 heterocycles. The molecule has 0 saturated heterocycles. The first-order valence-electron chi connectivity index (χ1n) is 13.5. The SMILES string of the molecule is CCCCCCCCC=C(CCCCCCCCC)CCCCCCCCC. The molecule has 28 heavy (non-hydrogen) atoms. The lowest BCUT2D eigenvalue weighted by Gasteiger charge is -2.09. The van der Waals surface area contributed by atoms with E-state index in [1.807, 2.05) is 0 Å². The van der Waals surface area contributed by atoms with Crippen LogP contribution >= 0.6 is 0 Å². The van der Waals surface area contributed by atoms with Crippen LogP contribution in [0.15, 0.2) is 11.6 Å². The standard InChI is InChI=1S/C28H56/c1-4-7-10-13-16-19-22-25-28(26-23-20-17-14-11-8-5-2)27-24-21-18-15-12-9-6-3/h25H,4-24,26-27H2,1-3H3. The van der Waals surface area contributed by atoms with Gasteiger partial charge in [0.05, 0.1) is 0 Å². The van der Waals surface area contributed by atoms with Crippen LogP contribution in [0, 0.1) is 0 Å². The van der Waals surface area contributed by atoms with Gasteiger partial charge < -0.3 is 0 Å². The minimum absolute atomic E-state index is 1.34. The Morgan fingerprint density at radius 3 is 1.11 bits per heavy atom. The van der Waals surface area contributed by atoms with Crippen LogP contribution in [0.1, 0.15) is 168 Å². The lowest BCUT2D eigenvalue weighted by Crippen LogP contribution is -1.89. The van der Waals surface area contributed by atoms with E-state index in [-0.39, 0.29) is 0 Å². The average molecular weight is 393 g/mol. The zero-order valence-corrected chi connectivity index (χ0v) is 20.3. The second kappa shape index (κ2) is 24.8. The van der Waals surface area contributed by atoms with Gasteiger partial charge in [-0.15, -0.1) is 0 Å². The first-order valence-corrected chi connectivity index (χ1v) is 13.5. The van der Waals surface area contributed by atoms with Crippen molar-refractivity contribution in [3.8, 4) is 0 Å². The number of unbranched alkanes of at least 4 members (excludes halogenated alkanes) is 18. The highest BCUT2D eigenvalue weighted by Crippen LogP contribution is 2.20. The maximum absolute atomic E-state index is 2.65. The third kappa shape index (κ3) is 22.0. The maximum Gasteiger partial charge on any atom is -0.0320 e. The molecule has 168 valence electrons. The van der Waals surface area contributed by atoms with E-state index in [1.165, 1.54) is 148 Å². The lowest BCUT2D eigenvalue weighted by molar-refractivity contribution is 0.568. The Morgan fingerprint density at radius 1 is 0.393 bits per heavy atom. The molecule has 0 nitrogen and oxygen atoms in total. The van der Waals surface area contributed by atoms with E-state index in [2.05, 4.69) is 26.8 Å². The Morgan fingerprint density at radius 2 is 0.714 bits per heavy atom. The second-order valence-electron chi connectivity index (χ2n) is 9.16. The minimum Gasteiger partial charge on any atom is -0.0853 e. The molecule has 0 N–H and O–H groups in total. The topological polar surface area (TPSA) is 0 Å². The van der Waals surface area contributed by atoms with Gasteiger partial charge in [-0.2, -0.15) is 0 Å². The molecule has 0 amide bonds. The van der Waals surface area contributed by atoms with Gasteiger partial charge in [0.1, 0.15) is 0 Å². The average Bonchev–Trinajstić information content (AvgIpc) is 2.71. The van der Waals surface area contributed by atoms with E-state index >= 15 is 0 Å². The summed E-state index contributed by atoms with van der Waals surface area (Å²) < 4.78 is 0. The Kier molecular flexibility index (Phi) is 24.5. The van der Waals surface area contributed by atoms with E-state index in [9.17, 15) is 0 Å². The van der Waals surface area contributed by atoms with Crippen LogP contribution in [0.5, 0.6) is 0 Å². The molecule has 0 rings (SSSR count). The van der Waals surface area contributed by atoms with Crippen molar-refractivity contribution >= 4 is 0 Å². The van der Waals surface area contributed by atoms with Gasteiger partial charge in [0.15, 0.2) is 0 Å². The van der Waals surface area contributed by atoms with Gasteiger partial charge in [-0.05, 0) is 38.5 Å². The summed E-state index contributed by atoms with van der Waals surface area (Å²) in [4.78, 5) is 0. The fraction of sp³-hybridized carbons (Fsp3) is 0.929. The monoisotopic (exact) mass is 392 g/mol. The highest BCUT2D eigenvalue weighted by Gasteiger charge is 2.00. The van der Waals surface area contributed by atoms with Crippen LogP contribution in [0.25, 0.3) is 0 Å². The molecule has 0 aromatic heterocycles. The summed E-state index contributed by atoms with van der Waals surface area (Å²) in [7, 11) is 0. The van der Waals surface area contributed by atoms with Gasteiger partial charge in [-0.25, -0.2) is 0 Å². The third-order valence-electron chi connectivity index (χ3n) is 6.19. The summed E-state index contributed by atoms with van der Waals surface area (Å²) >= 11 is 0. The van der Waals surface area contributed by atoms with E-state index < -0.39 is 0 Å². The molecule has 0 radical (unpaired) electrons. The molecule has 0 unspecified atom stereocenters. The van der Waals surface area contributed by atoms with Gasteiger partial charge in [-0.3, -0.25) is 0 Å². The van der Waals surface area contributed by atoms with Gasteiger partial charge in [0, 0.05) is 0 Å². The van der Waals surface area contributed by atoms with Crippen LogP contribution in [0.2, 0.25) is 0 Å². The Hall–Kier alpha value is -0.260. The predicted octanol–water partition coefficient (Wildman–Crippen LogP) is 10.9. The van der Waals surface area contributed by atoms with Crippen molar-refractivity contribution in [3.05, 3.63) is 11.6 Å². The molecular formula is C28H56. The summed E-state index contributed by atoms with van der Waals surface area (Å²) in [5, 5.41) is 0. The normalized spacial score (nSPS) is 11.1. The minimum atomic E-state index is 1.34. The summed E-state index contributed by atoms with van der Waals surface area (Å²) in [5.74, 6) is 0. The third-order valence-corrected chi connectivity index (χ3v) is 6.19. The van der Waals surface area contributed by atoms with Gasteiger partial charge >= 0.3 is 0 Å². The Labute approximate surface area is 180 Å². The van der Waals surface area contributed by atoms with Gasteiger partial charge in [0.2, 0.25) is 0 Å². The Bertz CT molecular complexity index is 281. The zero-order valence-electron chi connectivity index (χ0n) is 20.3. The van der Waals surface area contributed by atoms with Crippen molar-refractivity contribution in [2.45, 2.75) is 168 Å². The molecule has 0 bridgehead atoms. The summed E-state index contributed by atoms with van der Waals surface area (Å²) in [5.41, 5.74) is 1.80. The summed E-state index contributed by atoms with van der Waals surface area (Å²) in [6.45, 7) is 6.93. The fourth-order valence-electron chi connectivity index (χ4n) is 4.18. The lowest BCUT2D eigenvalue weighted by atomic mass is 9.97. The smallest absolute Gasteiger partial charge is 0.0320 e. The predicted molar refractivity (Wildman–Crippen MR) is 131 cm³/mol. The van der Waals surface area contributed by atoms with Crippen LogP contribution in [0.3, 0.4) is 0 Å². The molecule has 0 atom stereocenters. The van der Waals surface area contributed by atoms with Crippen LogP contribution in [-0.4, -0.2) is 0 Å². The van der Waals surface area contributed by atoms with Gasteiger partial charge in [0.25, 0.3) is 0 Å². The number of hydrogen-bond donors (Lipinski definition) is 0. The molecule has 0 aromatic carbocycles. The largest absolute Gasteiger partial charge is 0.0853 e. The van der Waals surface area contributed by atoms with E-state index in [0.717, 1.165) is 0 Å². The molecule has 0 spiro atoms. The van der Waals surface area contributed by atoms with Gasteiger partial charge in [-0.1, -0.05) is 142 Å². The van der Waals surface area contributed by atoms with Crippen molar-refractivity contribution in [2.24, 2.45) is 0 Å².